The number of amides is 1. The van der Waals surface area contributed by atoms with Gasteiger partial charge in [0.15, 0.2) is 0 Å². The summed E-state index contributed by atoms with van der Waals surface area (Å²) in [6, 6.07) is 6.18. The third-order valence-corrected chi connectivity index (χ3v) is 3.20. The summed E-state index contributed by atoms with van der Waals surface area (Å²) >= 11 is 0. The van der Waals surface area contributed by atoms with Crippen LogP contribution < -0.4 is 11.1 Å². The van der Waals surface area contributed by atoms with Gasteiger partial charge in [0.05, 0.1) is 11.7 Å². The lowest BCUT2D eigenvalue weighted by Crippen LogP contribution is -2.19. The van der Waals surface area contributed by atoms with Gasteiger partial charge < -0.3 is 11.1 Å². The average Bonchev–Trinajstić information content (AvgIpc) is 2.79. The van der Waals surface area contributed by atoms with Crippen LogP contribution in [0.5, 0.6) is 0 Å². The van der Waals surface area contributed by atoms with Gasteiger partial charge in [0, 0.05) is 29.6 Å². The van der Waals surface area contributed by atoms with E-state index in [-0.39, 0.29) is 18.0 Å². The molecule has 108 valence electrons. The van der Waals surface area contributed by atoms with E-state index in [4.69, 9.17) is 5.73 Å². The first-order valence-corrected chi connectivity index (χ1v) is 7.00. The van der Waals surface area contributed by atoms with Gasteiger partial charge in [-0.1, -0.05) is 0 Å². The lowest BCUT2D eigenvalue weighted by atomic mass is 10.2. The van der Waals surface area contributed by atoms with E-state index in [0.717, 1.165) is 16.6 Å². The monoisotopic (exact) mass is 274 g/mol. The Morgan fingerprint density at radius 1 is 1.40 bits per heavy atom. The van der Waals surface area contributed by atoms with Crippen LogP contribution in [0.15, 0.2) is 24.4 Å². The van der Waals surface area contributed by atoms with E-state index in [1.807, 2.05) is 36.0 Å². The van der Waals surface area contributed by atoms with Gasteiger partial charge in [0.2, 0.25) is 5.91 Å². The minimum atomic E-state index is -0.00253. The zero-order chi connectivity index (χ0) is 14.7. The Morgan fingerprint density at radius 2 is 2.15 bits per heavy atom. The zero-order valence-electron chi connectivity index (χ0n) is 12.3. The molecule has 0 saturated carbocycles. The Bertz CT molecular complexity index is 601. The molecular formula is C15H22N4O. The molecule has 0 aliphatic rings. The minimum absolute atomic E-state index is 0.00253. The van der Waals surface area contributed by atoms with Crippen LogP contribution in [-0.4, -0.2) is 21.7 Å². The second-order valence-electron chi connectivity index (χ2n) is 5.52. The molecule has 0 fully saturated rings. The first-order chi connectivity index (χ1) is 9.47. The summed E-state index contributed by atoms with van der Waals surface area (Å²) in [7, 11) is 0. The van der Waals surface area contributed by atoms with E-state index in [0.29, 0.717) is 12.8 Å². The second-order valence-corrected chi connectivity index (χ2v) is 5.52. The quantitative estimate of drug-likeness (QED) is 0.880. The number of rotatable bonds is 5. The summed E-state index contributed by atoms with van der Waals surface area (Å²) in [6.45, 7) is 6.07. The highest BCUT2D eigenvalue weighted by Crippen LogP contribution is 2.21. The summed E-state index contributed by atoms with van der Waals surface area (Å²) in [6.07, 6.45) is 2.98. The SMILES string of the molecule is CC(N)CCC(=O)Nc1ccc2cnn(C(C)C)c2c1. The van der Waals surface area contributed by atoms with Crippen LogP contribution in [0.25, 0.3) is 10.9 Å². The number of nitrogens with zero attached hydrogens (tertiary/aromatic N) is 2. The molecule has 5 nitrogen and oxygen atoms in total. The molecular weight excluding hydrogens is 252 g/mol. The number of carbonyl (C=O) groups is 1. The fraction of sp³-hybridized carbons (Fsp3) is 0.467. The fourth-order valence-electron chi connectivity index (χ4n) is 2.11. The minimum Gasteiger partial charge on any atom is -0.328 e. The van der Waals surface area contributed by atoms with Gasteiger partial charge in [-0.05, 0) is 45.4 Å². The van der Waals surface area contributed by atoms with Crippen LogP contribution in [-0.2, 0) is 4.79 Å². The summed E-state index contributed by atoms with van der Waals surface area (Å²) in [4.78, 5) is 11.8. The summed E-state index contributed by atoms with van der Waals surface area (Å²) in [5, 5.41) is 8.35. The highest BCUT2D eigenvalue weighted by Gasteiger charge is 2.08. The number of carbonyl (C=O) groups excluding carboxylic acids is 1. The predicted octanol–water partition coefficient (Wildman–Crippen LogP) is 2.68. The molecule has 2 aromatic rings. The third kappa shape index (κ3) is 3.36. The maximum atomic E-state index is 11.8. The highest BCUT2D eigenvalue weighted by molar-refractivity contribution is 5.93. The maximum Gasteiger partial charge on any atom is 0.224 e. The molecule has 5 heteroatoms. The topological polar surface area (TPSA) is 72.9 Å². The molecule has 20 heavy (non-hydrogen) atoms. The average molecular weight is 274 g/mol. The normalized spacial score (nSPS) is 12.8. The smallest absolute Gasteiger partial charge is 0.224 e. The number of benzene rings is 1. The summed E-state index contributed by atoms with van der Waals surface area (Å²) in [5.74, 6) is -0.00253. The Kier molecular flexibility index (Phi) is 4.39. The van der Waals surface area contributed by atoms with Crippen molar-refractivity contribution in [3.8, 4) is 0 Å². The lowest BCUT2D eigenvalue weighted by Gasteiger charge is -2.10. The van der Waals surface area contributed by atoms with Gasteiger partial charge in [-0.15, -0.1) is 0 Å². The van der Waals surface area contributed by atoms with Crippen molar-refractivity contribution in [2.75, 3.05) is 5.32 Å². The molecule has 0 spiro atoms. The first-order valence-electron chi connectivity index (χ1n) is 7.00. The van der Waals surface area contributed by atoms with Crippen molar-refractivity contribution in [2.45, 2.75) is 45.7 Å². The predicted molar refractivity (Wildman–Crippen MR) is 81.6 cm³/mol. The van der Waals surface area contributed by atoms with Gasteiger partial charge in [-0.3, -0.25) is 9.48 Å². The van der Waals surface area contributed by atoms with Crippen LogP contribution in [0, 0.1) is 0 Å². The second kappa shape index (κ2) is 6.05. The highest BCUT2D eigenvalue weighted by atomic mass is 16.1. The first kappa shape index (κ1) is 14.5. The van der Waals surface area contributed by atoms with E-state index in [2.05, 4.69) is 24.3 Å². The van der Waals surface area contributed by atoms with Crippen LogP contribution in [0.1, 0.15) is 39.7 Å². The number of nitrogens with two attached hydrogens (primary N) is 1. The fourth-order valence-corrected chi connectivity index (χ4v) is 2.11. The standard InChI is InChI=1S/C15H22N4O/c1-10(2)19-14-8-13(6-5-12(14)9-17-19)18-15(20)7-4-11(3)16/h5-6,8-11H,4,7,16H2,1-3H3,(H,18,20). The van der Waals surface area contributed by atoms with Gasteiger partial charge >= 0.3 is 0 Å². The van der Waals surface area contributed by atoms with Crippen molar-refractivity contribution < 1.29 is 4.79 Å². The summed E-state index contributed by atoms with van der Waals surface area (Å²) < 4.78 is 1.95. The molecule has 2 rings (SSSR count). The van der Waals surface area contributed by atoms with E-state index < -0.39 is 0 Å². The van der Waals surface area contributed by atoms with Crippen molar-refractivity contribution in [2.24, 2.45) is 5.73 Å². The van der Waals surface area contributed by atoms with Crippen molar-refractivity contribution >= 4 is 22.5 Å². The van der Waals surface area contributed by atoms with E-state index in [9.17, 15) is 4.79 Å². The summed E-state index contributed by atoms with van der Waals surface area (Å²) in [5.41, 5.74) is 7.49. The van der Waals surface area contributed by atoms with E-state index in [1.165, 1.54) is 0 Å². The molecule has 1 aromatic heterocycles. The Hall–Kier alpha value is -1.88. The maximum absolute atomic E-state index is 11.8. The Morgan fingerprint density at radius 3 is 2.80 bits per heavy atom. The molecule has 0 radical (unpaired) electrons. The van der Waals surface area contributed by atoms with Gasteiger partial charge in [0.1, 0.15) is 0 Å². The van der Waals surface area contributed by atoms with Crippen molar-refractivity contribution in [3.63, 3.8) is 0 Å². The number of nitrogens with one attached hydrogen (secondary N) is 1. The van der Waals surface area contributed by atoms with Gasteiger partial charge in [-0.25, -0.2) is 0 Å². The molecule has 1 unspecified atom stereocenters. The lowest BCUT2D eigenvalue weighted by molar-refractivity contribution is -0.116. The number of hydrogen-bond acceptors (Lipinski definition) is 3. The van der Waals surface area contributed by atoms with Gasteiger partial charge in [-0.2, -0.15) is 5.10 Å². The van der Waals surface area contributed by atoms with E-state index in [1.54, 1.807) is 0 Å². The molecule has 0 saturated heterocycles. The Balaban J connectivity index is 2.14. The van der Waals surface area contributed by atoms with Crippen molar-refractivity contribution in [1.82, 2.24) is 9.78 Å². The number of fused-ring (bicyclic) bond motifs is 1. The zero-order valence-corrected chi connectivity index (χ0v) is 12.3. The number of aromatic nitrogens is 2. The van der Waals surface area contributed by atoms with Crippen LogP contribution in [0.2, 0.25) is 0 Å². The molecule has 1 atom stereocenters. The van der Waals surface area contributed by atoms with Crippen LogP contribution in [0.3, 0.4) is 0 Å². The molecule has 0 aliphatic heterocycles. The molecule has 3 N–H and O–H groups in total. The molecule has 0 aliphatic carbocycles. The molecule has 1 amide bonds. The number of hydrogen-bond donors (Lipinski definition) is 2. The van der Waals surface area contributed by atoms with Crippen molar-refractivity contribution in [3.05, 3.63) is 24.4 Å². The molecule has 1 aromatic carbocycles. The van der Waals surface area contributed by atoms with Crippen LogP contribution in [0.4, 0.5) is 5.69 Å². The third-order valence-electron chi connectivity index (χ3n) is 3.20. The van der Waals surface area contributed by atoms with Crippen molar-refractivity contribution in [1.29, 1.82) is 0 Å². The number of anilines is 1. The molecule has 1 heterocycles. The van der Waals surface area contributed by atoms with Crippen LogP contribution >= 0.6 is 0 Å². The largest absolute Gasteiger partial charge is 0.328 e. The van der Waals surface area contributed by atoms with Gasteiger partial charge in [0.25, 0.3) is 0 Å². The van der Waals surface area contributed by atoms with E-state index >= 15 is 0 Å². The Labute approximate surface area is 119 Å². The molecule has 0 bridgehead atoms.